The molecule has 0 bridgehead atoms. The fourth-order valence-corrected chi connectivity index (χ4v) is 3.57. The van der Waals surface area contributed by atoms with Crippen LogP contribution < -0.4 is 14.8 Å². The third kappa shape index (κ3) is 5.91. The van der Waals surface area contributed by atoms with E-state index in [4.69, 9.17) is 21.1 Å². The first-order valence-corrected chi connectivity index (χ1v) is 10.8. The molecule has 0 aromatic heterocycles. The zero-order chi connectivity index (χ0) is 23.1. The Kier molecular flexibility index (Phi) is 7.93. The van der Waals surface area contributed by atoms with Gasteiger partial charge in [0.15, 0.2) is 11.5 Å². The number of benzene rings is 3. The van der Waals surface area contributed by atoms with Gasteiger partial charge in [-0.2, -0.15) is 5.26 Å². The molecule has 7 heteroatoms. The summed E-state index contributed by atoms with van der Waals surface area (Å²) in [5, 5.41) is 12.6. The number of ether oxygens (including phenoxy) is 2. The monoisotopic (exact) mass is 510 g/mol. The van der Waals surface area contributed by atoms with E-state index < -0.39 is 5.91 Å². The number of halogens is 2. The van der Waals surface area contributed by atoms with Gasteiger partial charge < -0.3 is 14.8 Å². The number of nitriles is 1. The van der Waals surface area contributed by atoms with Crippen LogP contribution in [0.4, 0.5) is 5.69 Å². The number of nitrogens with one attached hydrogen (secondary N) is 1. The Bertz CT molecular complexity index is 1220. The summed E-state index contributed by atoms with van der Waals surface area (Å²) in [5.41, 5.74) is 3.13. The van der Waals surface area contributed by atoms with Crippen molar-refractivity contribution in [3.63, 3.8) is 0 Å². The maximum Gasteiger partial charge on any atom is 0.266 e. The van der Waals surface area contributed by atoms with Gasteiger partial charge in [-0.05, 0) is 48.4 Å². The lowest BCUT2D eigenvalue weighted by molar-refractivity contribution is -0.112. The van der Waals surface area contributed by atoms with Crippen LogP contribution >= 0.6 is 27.5 Å². The van der Waals surface area contributed by atoms with Gasteiger partial charge in [0.2, 0.25) is 0 Å². The van der Waals surface area contributed by atoms with E-state index in [0.29, 0.717) is 38.9 Å². The van der Waals surface area contributed by atoms with Crippen molar-refractivity contribution in [1.82, 2.24) is 0 Å². The number of hydrogen-bond acceptors (Lipinski definition) is 4. The normalized spacial score (nSPS) is 10.9. The molecule has 5 nitrogen and oxygen atoms in total. The van der Waals surface area contributed by atoms with Crippen molar-refractivity contribution in [2.75, 3.05) is 12.4 Å². The fraction of sp³-hybridized carbons (Fsp3) is 0.120. The SMILES string of the molecule is COc1cc(/C=C(\C#N)C(=O)Nc2ccccc2Cl)c(Br)cc1OCc1cccc(C)c1. The average Bonchev–Trinajstić information content (AvgIpc) is 2.78. The summed E-state index contributed by atoms with van der Waals surface area (Å²) in [6, 6.07) is 20.2. The number of amides is 1. The van der Waals surface area contributed by atoms with E-state index in [0.717, 1.165) is 11.1 Å². The van der Waals surface area contributed by atoms with Crippen LogP contribution in [-0.4, -0.2) is 13.0 Å². The number of para-hydroxylation sites is 1. The van der Waals surface area contributed by atoms with E-state index in [-0.39, 0.29) is 5.57 Å². The van der Waals surface area contributed by atoms with Gasteiger partial charge in [0.1, 0.15) is 18.2 Å². The van der Waals surface area contributed by atoms with Crippen LogP contribution in [0.3, 0.4) is 0 Å². The molecule has 0 aliphatic heterocycles. The number of nitrogens with zero attached hydrogens (tertiary/aromatic N) is 1. The van der Waals surface area contributed by atoms with Crippen LogP contribution in [0.1, 0.15) is 16.7 Å². The quantitative estimate of drug-likeness (QED) is 0.289. The summed E-state index contributed by atoms with van der Waals surface area (Å²) in [6.07, 6.45) is 1.48. The van der Waals surface area contributed by atoms with Gasteiger partial charge >= 0.3 is 0 Å². The van der Waals surface area contributed by atoms with Crippen LogP contribution in [0.5, 0.6) is 11.5 Å². The minimum absolute atomic E-state index is 0.0823. The molecule has 0 aliphatic carbocycles. The number of methoxy groups -OCH3 is 1. The number of hydrogen-bond donors (Lipinski definition) is 1. The summed E-state index contributed by atoms with van der Waals surface area (Å²) < 4.78 is 12.1. The van der Waals surface area contributed by atoms with E-state index in [2.05, 4.69) is 27.3 Å². The van der Waals surface area contributed by atoms with Gasteiger partial charge in [0.25, 0.3) is 5.91 Å². The maximum atomic E-state index is 12.6. The molecule has 0 spiro atoms. The second kappa shape index (κ2) is 10.9. The minimum atomic E-state index is -0.564. The number of anilines is 1. The van der Waals surface area contributed by atoms with Crippen molar-refractivity contribution < 1.29 is 14.3 Å². The molecule has 0 radical (unpaired) electrons. The van der Waals surface area contributed by atoms with Crippen molar-refractivity contribution in [3.05, 3.63) is 92.4 Å². The van der Waals surface area contributed by atoms with Crippen molar-refractivity contribution in [2.45, 2.75) is 13.5 Å². The minimum Gasteiger partial charge on any atom is -0.493 e. The smallest absolute Gasteiger partial charge is 0.266 e. The summed E-state index contributed by atoms with van der Waals surface area (Å²) in [5.74, 6) is 0.458. The lowest BCUT2D eigenvalue weighted by Gasteiger charge is -2.13. The highest BCUT2D eigenvalue weighted by atomic mass is 79.9. The molecule has 0 heterocycles. The van der Waals surface area contributed by atoms with Crippen LogP contribution in [0.2, 0.25) is 5.02 Å². The molecule has 3 aromatic carbocycles. The van der Waals surface area contributed by atoms with E-state index in [1.165, 1.54) is 13.2 Å². The third-order valence-corrected chi connectivity index (χ3v) is 5.56. The largest absolute Gasteiger partial charge is 0.493 e. The van der Waals surface area contributed by atoms with Gasteiger partial charge in [0, 0.05) is 4.47 Å². The van der Waals surface area contributed by atoms with Crippen molar-refractivity contribution >= 4 is 45.2 Å². The van der Waals surface area contributed by atoms with Gasteiger partial charge in [-0.25, -0.2) is 0 Å². The lowest BCUT2D eigenvalue weighted by Crippen LogP contribution is -2.13. The molecule has 162 valence electrons. The van der Waals surface area contributed by atoms with E-state index >= 15 is 0 Å². The van der Waals surface area contributed by atoms with Gasteiger partial charge in [0.05, 0.1) is 17.8 Å². The molecule has 3 aromatic rings. The van der Waals surface area contributed by atoms with E-state index in [1.54, 1.807) is 36.4 Å². The second-order valence-electron chi connectivity index (χ2n) is 6.91. The molecular formula is C25H20BrClN2O3. The molecule has 1 amide bonds. The lowest BCUT2D eigenvalue weighted by atomic mass is 10.1. The first-order chi connectivity index (χ1) is 15.4. The Morgan fingerprint density at radius 3 is 2.62 bits per heavy atom. The average molecular weight is 512 g/mol. The Labute approximate surface area is 200 Å². The van der Waals surface area contributed by atoms with Crippen molar-refractivity contribution in [1.29, 1.82) is 5.26 Å². The van der Waals surface area contributed by atoms with Crippen molar-refractivity contribution in [3.8, 4) is 17.6 Å². The molecule has 0 fully saturated rings. The molecule has 1 N–H and O–H groups in total. The molecule has 0 unspecified atom stereocenters. The Hall–Kier alpha value is -3.27. The zero-order valence-corrected chi connectivity index (χ0v) is 19.8. The molecule has 0 saturated carbocycles. The molecular weight excluding hydrogens is 492 g/mol. The number of carbonyl (C=O) groups excluding carboxylic acids is 1. The number of carbonyl (C=O) groups is 1. The summed E-state index contributed by atoms with van der Waals surface area (Å²) in [7, 11) is 1.53. The highest BCUT2D eigenvalue weighted by Gasteiger charge is 2.15. The first kappa shape index (κ1) is 23.4. The van der Waals surface area contributed by atoms with Crippen LogP contribution in [0, 0.1) is 18.3 Å². The van der Waals surface area contributed by atoms with Crippen molar-refractivity contribution in [2.24, 2.45) is 0 Å². The molecule has 0 atom stereocenters. The van der Waals surface area contributed by atoms with Crippen LogP contribution in [0.25, 0.3) is 6.08 Å². The van der Waals surface area contributed by atoms with Gasteiger partial charge in [-0.3, -0.25) is 4.79 Å². The summed E-state index contributed by atoms with van der Waals surface area (Å²) >= 11 is 9.58. The molecule has 3 rings (SSSR count). The summed E-state index contributed by atoms with van der Waals surface area (Å²) in [4.78, 5) is 12.6. The Morgan fingerprint density at radius 2 is 1.94 bits per heavy atom. The zero-order valence-electron chi connectivity index (χ0n) is 17.5. The predicted octanol–water partition coefficient (Wildman–Crippen LogP) is 6.54. The topological polar surface area (TPSA) is 71.3 Å². The highest BCUT2D eigenvalue weighted by Crippen LogP contribution is 2.35. The van der Waals surface area contributed by atoms with E-state index in [1.807, 2.05) is 31.2 Å². The van der Waals surface area contributed by atoms with Gasteiger partial charge in [-0.1, -0.05) is 69.5 Å². The predicted molar refractivity (Wildman–Crippen MR) is 130 cm³/mol. The first-order valence-electron chi connectivity index (χ1n) is 9.65. The second-order valence-corrected chi connectivity index (χ2v) is 8.17. The Morgan fingerprint density at radius 1 is 1.16 bits per heavy atom. The fourth-order valence-electron chi connectivity index (χ4n) is 2.95. The molecule has 32 heavy (non-hydrogen) atoms. The maximum absolute atomic E-state index is 12.6. The Balaban J connectivity index is 1.83. The third-order valence-electron chi connectivity index (χ3n) is 4.55. The van der Waals surface area contributed by atoms with E-state index in [9.17, 15) is 10.1 Å². The number of aryl methyl sites for hydroxylation is 1. The standard InChI is InChI=1S/C25H20BrClN2O3/c1-16-6-5-7-17(10-16)15-32-24-13-20(26)18(12-23(24)31-2)11-19(14-28)25(30)29-22-9-4-3-8-21(22)27/h3-13H,15H2,1-2H3,(H,29,30)/b19-11+. The van der Waals surface area contributed by atoms with Crippen LogP contribution in [-0.2, 0) is 11.4 Å². The van der Waals surface area contributed by atoms with Gasteiger partial charge in [-0.15, -0.1) is 0 Å². The highest BCUT2D eigenvalue weighted by molar-refractivity contribution is 9.10. The molecule has 0 aliphatic rings. The summed E-state index contributed by atoms with van der Waals surface area (Å²) in [6.45, 7) is 2.40. The number of rotatable bonds is 7. The van der Waals surface area contributed by atoms with Crippen LogP contribution in [0.15, 0.2) is 70.7 Å². The molecule has 0 saturated heterocycles.